The number of nitrogens with zero attached hydrogens (tertiary/aromatic N) is 2. The van der Waals surface area contributed by atoms with Crippen molar-refractivity contribution >= 4 is 17.7 Å². The van der Waals surface area contributed by atoms with Crippen molar-refractivity contribution in [2.24, 2.45) is 0 Å². The summed E-state index contributed by atoms with van der Waals surface area (Å²) in [7, 11) is 3.24. The van der Waals surface area contributed by atoms with E-state index in [0.29, 0.717) is 43.3 Å². The van der Waals surface area contributed by atoms with E-state index < -0.39 is 5.60 Å². The second kappa shape index (κ2) is 13.6. The number of methoxy groups -OCH3 is 2. The van der Waals surface area contributed by atoms with Crippen LogP contribution in [0.4, 0.5) is 5.95 Å². The molecule has 0 saturated carbocycles. The molecule has 0 aliphatic heterocycles. The summed E-state index contributed by atoms with van der Waals surface area (Å²) >= 11 is 0. The number of rotatable bonds is 13. The fourth-order valence-corrected chi connectivity index (χ4v) is 3.94. The standard InChI is InChI=1S/C30H37N3O5/c1-30(2,3)38-28(35)11-7-10-24(34)19-22-8-6-9-23(18-22)25-15-17-32-29(33-25)31-16-14-21-12-13-26(36-4)27(20-21)37-5/h6,8-9,12-13,15,17-18,20H,7,10-11,14,16,19H2,1-5H3,(H,31,32,33). The van der Waals surface area contributed by atoms with E-state index in [4.69, 9.17) is 14.2 Å². The van der Waals surface area contributed by atoms with Gasteiger partial charge in [0.25, 0.3) is 0 Å². The smallest absolute Gasteiger partial charge is 0.306 e. The Labute approximate surface area is 224 Å². The van der Waals surface area contributed by atoms with Crippen LogP contribution < -0.4 is 14.8 Å². The molecule has 8 heteroatoms. The number of aromatic nitrogens is 2. The lowest BCUT2D eigenvalue weighted by Gasteiger charge is -2.19. The fourth-order valence-electron chi connectivity index (χ4n) is 3.94. The quantitative estimate of drug-likeness (QED) is 0.298. The van der Waals surface area contributed by atoms with Crippen molar-refractivity contribution in [2.45, 2.75) is 58.5 Å². The SMILES string of the molecule is COc1ccc(CCNc2nccc(-c3cccc(CC(=O)CCCC(=O)OC(C)(C)C)c3)n2)cc1OC. The number of nitrogens with one attached hydrogen (secondary N) is 1. The molecular formula is C30H37N3O5. The molecule has 0 aliphatic carbocycles. The maximum Gasteiger partial charge on any atom is 0.306 e. The van der Waals surface area contributed by atoms with Gasteiger partial charge in [0, 0.05) is 37.6 Å². The Morgan fingerprint density at radius 2 is 1.71 bits per heavy atom. The van der Waals surface area contributed by atoms with Gasteiger partial charge < -0.3 is 19.5 Å². The molecule has 202 valence electrons. The first-order valence-corrected chi connectivity index (χ1v) is 12.8. The van der Waals surface area contributed by atoms with E-state index in [9.17, 15) is 9.59 Å². The van der Waals surface area contributed by atoms with Gasteiger partial charge in [-0.1, -0.05) is 24.3 Å². The van der Waals surface area contributed by atoms with Crippen molar-refractivity contribution in [1.82, 2.24) is 9.97 Å². The minimum absolute atomic E-state index is 0.0888. The van der Waals surface area contributed by atoms with Gasteiger partial charge in [0.1, 0.15) is 11.4 Å². The average molecular weight is 520 g/mol. The molecule has 0 bridgehead atoms. The average Bonchev–Trinajstić information content (AvgIpc) is 2.88. The Bertz CT molecular complexity index is 1240. The van der Waals surface area contributed by atoms with Crippen LogP contribution in [0.2, 0.25) is 0 Å². The second-order valence-electron chi connectivity index (χ2n) is 9.99. The molecule has 3 aromatic rings. The summed E-state index contributed by atoms with van der Waals surface area (Å²) in [6, 6.07) is 15.5. The number of ketones is 1. The molecule has 3 rings (SSSR count). The lowest BCUT2D eigenvalue weighted by atomic mass is 10.0. The third-order valence-corrected chi connectivity index (χ3v) is 5.68. The van der Waals surface area contributed by atoms with E-state index >= 15 is 0 Å². The van der Waals surface area contributed by atoms with E-state index in [0.717, 1.165) is 28.8 Å². The molecule has 0 saturated heterocycles. The van der Waals surface area contributed by atoms with Crippen molar-refractivity contribution in [1.29, 1.82) is 0 Å². The molecule has 0 atom stereocenters. The maximum absolute atomic E-state index is 12.5. The molecule has 2 aromatic carbocycles. The first-order chi connectivity index (χ1) is 18.2. The molecule has 1 N–H and O–H groups in total. The minimum atomic E-state index is -0.511. The normalized spacial score (nSPS) is 11.1. The van der Waals surface area contributed by atoms with Crippen LogP contribution >= 0.6 is 0 Å². The first kappa shape index (κ1) is 28.6. The number of carbonyl (C=O) groups excluding carboxylic acids is 2. The van der Waals surface area contributed by atoms with Crippen molar-refractivity contribution in [3.05, 3.63) is 65.9 Å². The first-order valence-electron chi connectivity index (χ1n) is 12.8. The highest BCUT2D eigenvalue weighted by Crippen LogP contribution is 2.27. The lowest BCUT2D eigenvalue weighted by molar-refractivity contribution is -0.154. The summed E-state index contributed by atoms with van der Waals surface area (Å²) in [4.78, 5) is 33.3. The van der Waals surface area contributed by atoms with Crippen molar-refractivity contribution < 1.29 is 23.8 Å². The number of hydrogen-bond donors (Lipinski definition) is 1. The molecule has 0 unspecified atom stereocenters. The summed E-state index contributed by atoms with van der Waals surface area (Å²) in [6.07, 6.45) is 3.85. The summed E-state index contributed by atoms with van der Waals surface area (Å²) in [5, 5.41) is 3.28. The largest absolute Gasteiger partial charge is 0.493 e. The van der Waals surface area contributed by atoms with E-state index in [1.807, 2.05) is 69.3 Å². The van der Waals surface area contributed by atoms with Crippen LogP contribution in [0.3, 0.4) is 0 Å². The summed E-state index contributed by atoms with van der Waals surface area (Å²) in [5.41, 5.74) is 3.19. The highest BCUT2D eigenvalue weighted by atomic mass is 16.6. The van der Waals surface area contributed by atoms with Crippen LogP contribution in [0, 0.1) is 0 Å². The lowest BCUT2D eigenvalue weighted by Crippen LogP contribution is -2.23. The molecule has 0 radical (unpaired) electrons. The Hall–Kier alpha value is -3.94. The number of esters is 1. The number of carbonyl (C=O) groups is 2. The number of benzene rings is 2. The third kappa shape index (κ3) is 9.18. The number of anilines is 1. The summed E-state index contributed by atoms with van der Waals surface area (Å²) < 4.78 is 16.0. The molecule has 0 amide bonds. The van der Waals surface area contributed by atoms with Crippen LogP contribution in [0.1, 0.15) is 51.2 Å². The Morgan fingerprint density at radius 1 is 0.921 bits per heavy atom. The molecule has 1 aromatic heterocycles. The summed E-state index contributed by atoms with van der Waals surface area (Å²) in [5.74, 6) is 1.75. The predicted molar refractivity (Wildman–Crippen MR) is 148 cm³/mol. The van der Waals surface area contributed by atoms with Crippen LogP contribution in [-0.4, -0.2) is 48.1 Å². The molecule has 8 nitrogen and oxygen atoms in total. The molecule has 0 fully saturated rings. The maximum atomic E-state index is 12.5. The van der Waals surface area contributed by atoms with Crippen LogP contribution in [0.25, 0.3) is 11.3 Å². The van der Waals surface area contributed by atoms with Gasteiger partial charge in [-0.05, 0) is 69.0 Å². The van der Waals surface area contributed by atoms with Gasteiger partial charge in [0.15, 0.2) is 11.5 Å². The zero-order valence-electron chi connectivity index (χ0n) is 22.9. The topological polar surface area (TPSA) is 99.6 Å². The number of hydrogen-bond acceptors (Lipinski definition) is 8. The number of ether oxygens (including phenoxy) is 3. The monoisotopic (exact) mass is 519 g/mol. The zero-order valence-corrected chi connectivity index (χ0v) is 22.9. The van der Waals surface area contributed by atoms with Gasteiger partial charge in [-0.3, -0.25) is 9.59 Å². The van der Waals surface area contributed by atoms with Gasteiger partial charge in [-0.2, -0.15) is 0 Å². The third-order valence-electron chi connectivity index (χ3n) is 5.68. The van der Waals surface area contributed by atoms with Gasteiger partial charge >= 0.3 is 5.97 Å². The van der Waals surface area contributed by atoms with Gasteiger partial charge in [0.2, 0.25) is 5.95 Å². The van der Waals surface area contributed by atoms with Crippen molar-refractivity contribution in [3.8, 4) is 22.8 Å². The molecule has 0 spiro atoms. The highest BCUT2D eigenvalue weighted by molar-refractivity contribution is 5.82. The van der Waals surface area contributed by atoms with Gasteiger partial charge in [-0.25, -0.2) is 9.97 Å². The van der Waals surface area contributed by atoms with Gasteiger partial charge in [-0.15, -0.1) is 0 Å². The predicted octanol–water partition coefficient (Wildman–Crippen LogP) is 5.44. The zero-order chi connectivity index (χ0) is 27.5. The van der Waals surface area contributed by atoms with Crippen LogP contribution in [0.5, 0.6) is 11.5 Å². The number of Topliss-reactive ketones (excluding diaryl/α,β-unsaturated/α-hetero) is 1. The van der Waals surface area contributed by atoms with Crippen molar-refractivity contribution in [2.75, 3.05) is 26.1 Å². The minimum Gasteiger partial charge on any atom is -0.493 e. The van der Waals surface area contributed by atoms with E-state index in [1.54, 1.807) is 20.4 Å². The van der Waals surface area contributed by atoms with Crippen molar-refractivity contribution in [3.63, 3.8) is 0 Å². The van der Waals surface area contributed by atoms with Crippen LogP contribution in [-0.2, 0) is 27.2 Å². The Morgan fingerprint density at radius 3 is 2.45 bits per heavy atom. The van der Waals surface area contributed by atoms with E-state index in [-0.39, 0.29) is 18.2 Å². The molecule has 38 heavy (non-hydrogen) atoms. The summed E-state index contributed by atoms with van der Waals surface area (Å²) in [6.45, 7) is 6.15. The second-order valence-corrected chi connectivity index (χ2v) is 9.99. The molecule has 0 aliphatic rings. The molecule has 1 heterocycles. The molecular weight excluding hydrogens is 482 g/mol. The fraction of sp³-hybridized carbons (Fsp3) is 0.400. The van der Waals surface area contributed by atoms with Gasteiger partial charge in [0.05, 0.1) is 19.9 Å². The van der Waals surface area contributed by atoms with Crippen LogP contribution in [0.15, 0.2) is 54.7 Å². The Balaban J connectivity index is 1.53. The van der Waals surface area contributed by atoms with E-state index in [2.05, 4.69) is 15.3 Å². The Kier molecular flexibility index (Phi) is 10.2. The highest BCUT2D eigenvalue weighted by Gasteiger charge is 2.16. The van der Waals surface area contributed by atoms with E-state index in [1.165, 1.54) is 0 Å².